The highest BCUT2D eigenvalue weighted by Gasteiger charge is 2.25. The Kier molecular flexibility index (Phi) is 7.34. The maximum absolute atomic E-state index is 13.8. The number of hydrogen-bond acceptors (Lipinski definition) is 3. The highest BCUT2D eigenvalue weighted by Crippen LogP contribution is 2.12. The van der Waals surface area contributed by atoms with E-state index in [0.29, 0.717) is 13.0 Å². The number of rotatable bonds is 8. The molecule has 27 heavy (non-hydrogen) atoms. The van der Waals surface area contributed by atoms with Crippen molar-refractivity contribution in [3.8, 4) is 5.75 Å². The molecule has 2 N–H and O–H groups in total. The smallest absolute Gasteiger partial charge is 0.254 e. The predicted octanol–water partition coefficient (Wildman–Crippen LogP) is 2.95. The lowest BCUT2D eigenvalue weighted by molar-refractivity contribution is -0.123. The number of amides is 2. The normalized spacial score (nSPS) is 11.7. The van der Waals surface area contributed by atoms with Crippen molar-refractivity contribution in [2.75, 3.05) is 13.7 Å². The van der Waals surface area contributed by atoms with E-state index in [1.807, 2.05) is 38.1 Å². The number of nitrogens with one attached hydrogen (secondary N) is 2. The highest BCUT2D eigenvalue weighted by atomic mass is 19.1. The van der Waals surface area contributed by atoms with E-state index in [-0.39, 0.29) is 17.4 Å². The first kappa shape index (κ1) is 20.4. The zero-order valence-electron chi connectivity index (χ0n) is 15.8. The summed E-state index contributed by atoms with van der Waals surface area (Å²) in [6.07, 6.45) is 0.655. The molecular weight excluding hydrogens is 347 g/mol. The van der Waals surface area contributed by atoms with Crippen LogP contribution in [0.5, 0.6) is 5.75 Å². The van der Waals surface area contributed by atoms with Crippen molar-refractivity contribution in [3.05, 3.63) is 65.5 Å². The second-order valence-corrected chi connectivity index (χ2v) is 6.56. The second kappa shape index (κ2) is 9.71. The van der Waals surface area contributed by atoms with Gasteiger partial charge in [-0.15, -0.1) is 0 Å². The third-order valence-electron chi connectivity index (χ3n) is 4.23. The third kappa shape index (κ3) is 5.81. The molecule has 0 spiro atoms. The first-order valence-electron chi connectivity index (χ1n) is 8.88. The molecule has 0 aliphatic rings. The molecule has 0 saturated carbocycles. The van der Waals surface area contributed by atoms with Crippen LogP contribution in [-0.2, 0) is 11.2 Å². The molecule has 6 heteroatoms. The Hall–Kier alpha value is -2.89. The van der Waals surface area contributed by atoms with E-state index in [2.05, 4.69) is 10.6 Å². The second-order valence-electron chi connectivity index (χ2n) is 6.56. The number of methoxy groups -OCH3 is 1. The minimum atomic E-state index is -0.743. The van der Waals surface area contributed by atoms with E-state index >= 15 is 0 Å². The molecular formula is C21H25FN2O3. The first-order valence-corrected chi connectivity index (χ1v) is 8.88. The van der Waals surface area contributed by atoms with Crippen LogP contribution in [0, 0.1) is 11.7 Å². The van der Waals surface area contributed by atoms with Crippen molar-refractivity contribution in [2.45, 2.75) is 26.3 Å². The number of hydrogen-bond donors (Lipinski definition) is 2. The largest absolute Gasteiger partial charge is 0.497 e. The lowest BCUT2D eigenvalue weighted by Crippen LogP contribution is -2.50. The van der Waals surface area contributed by atoms with Crippen molar-refractivity contribution in [1.82, 2.24) is 10.6 Å². The summed E-state index contributed by atoms with van der Waals surface area (Å²) in [7, 11) is 1.61. The van der Waals surface area contributed by atoms with Crippen molar-refractivity contribution in [1.29, 1.82) is 0 Å². The van der Waals surface area contributed by atoms with Gasteiger partial charge in [0.2, 0.25) is 5.91 Å². The molecule has 0 aliphatic heterocycles. The van der Waals surface area contributed by atoms with Crippen molar-refractivity contribution < 1.29 is 18.7 Å². The highest BCUT2D eigenvalue weighted by molar-refractivity contribution is 5.97. The predicted molar refractivity (Wildman–Crippen MR) is 102 cm³/mol. The SMILES string of the molecule is COc1ccc(CCNC(=O)C(NC(=O)c2ccccc2F)C(C)C)cc1. The molecule has 2 aromatic rings. The molecule has 2 rings (SSSR count). The molecule has 0 saturated heterocycles. The van der Waals surface area contributed by atoms with Gasteiger partial charge in [-0.3, -0.25) is 9.59 Å². The van der Waals surface area contributed by atoms with Crippen LogP contribution < -0.4 is 15.4 Å². The summed E-state index contributed by atoms with van der Waals surface area (Å²) in [6.45, 7) is 4.09. The van der Waals surface area contributed by atoms with E-state index < -0.39 is 17.8 Å². The van der Waals surface area contributed by atoms with Crippen LogP contribution in [0.2, 0.25) is 0 Å². The van der Waals surface area contributed by atoms with Gasteiger partial charge in [-0.2, -0.15) is 0 Å². The fourth-order valence-corrected chi connectivity index (χ4v) is 2.63. The van der Waals surface area contributed by atoms with Crippen LogP contribution in [0.4, 0.5) is 4.39 Å². The molecule has 2 aromatic carbocycles. The van der Waals surface area contributed by atoms with Gasteiger partial charge in [-0.25, -0.2) is 4.39 Å². The number of ether oxygens (including phenoxy) is 1. The van der Waals surface area contributed by atoms with Crippen LogP contribution in [0.3, 0.4) is 0 Å². The zero-order valence-corrected chi connectivity index (χ0v) is 15.8. The zero-order chi connectivity index (χ0) is 19.8. The monoisotopic (exact) mass is 372 g/mol. The van der Waals surface area contributed by atoms with Crippen molar-refractivity contribution in [2.24, 2.45) is 5.92 Å². The van der Waals surface area contributed by atoms with Gasteiger partial charge in [0.1, 0.15) is 17.6 Å². The van der Waals surface area contributed by atoms with E-state index in [9.17, 15) is 14.0 Å². The quantitative estimate of drug-likeness (QED) is 0.749. The Morgan fingerprint density at radius 1 is 1.07 bits per heavy atom. The van der Waals surface area contributed by atoms with Crippen molar-refractivity contribution in [3.63, 3.8) is 0 Å². The summed E-state index contributed by atoms with van der Waals surface area (Å²) >= 11 is 0. The van der Waals surface area contributed by atoms with E-state index in [1.165, 1.54) is 18.2 Å². The number of benzene rings is 2. The fourth-order valence-electron chi connectivity index (χ4n) is 2.63. The molecule has 0 fully saturated rings. The van der Waals surface area contributed by atoms with E-state index in [0.717, 1.165) is 11.3 Å². The maximum Gasteiger partial charge on any atom is 0.254 e. The first-order chi connectivity index (χ1) is 12.9. The Balaban J connectivity index is 1.92. The molecule has 144 valence electrons. The molecule has 0 radical (unpaired) electrons. The van der Waals surface area contributed by atoms with Crippen molar-refractivity contribution >= 4 is 11.8 Å². The lowest BCUT2D eigenvalue weighted by atomic mass is 10.0. The standard InChI is InChI=1S/C21H25FN2O3/c1-14(2)19(24-20(25)17-6-4-5-7-18(17)22)21(26)23-13-12-15-8-10-16(27-3)11-9-15/h4-11,14,19H,12-13H2,1-3H3,(H,23,26)(H,24,25). The van der Waals surface area contributed by atoms with Gasteiger partial charge < -0.3 is 15.4 Å². The number of halogens is 1. The summed E-state index contributed by atoms with van der Waals surface area (Å²) in [4.78, 5) is 24.8. The van der Waals surface area contributed by atoms with Gasteiger partial charge in [-0.1, -0.05) is 38.1 Å². The summed E-state index contributed by atoms with van der Waals surface area (Å²) < 4.78 is 18.9. The van der Waals surface area contributed by atoms with Gasteiger partial charge in [0.05, 0.1) is 12.7 Å². The van der Waals surface area contributed by atoms with E-state index in [1.54, 1.807) is 13.2 Å². The lowest BCUT2D eigenvalue weighted by Gasteiger charge is -2.22. The Morgan fingerprint density at radius 3 is 2.33 bits per heavy atom. The van der Waals surface area contributed by atoms with Crippen LogP contribution >= 0.6 is 0 Å². The number of carbonyl (C=O) groups excluding carboxylic acids is 2. The third-order valence-corrected chi connectivity index (χ3v) is 4.23. The Bertz CT molecular complexity index is 775. The van der Waals surface area contributed by atoms with Gasteiger partial charge in [0, 0.05) is 6.54 Å². The molecule has 1 unspecified atom stereocenters. The summed E-state index contributed by atoms with van der Waals surface area (Å²) in [6, 6.07) is 12.6. The van der Waals surface area contributed by atoms with Crippen LogP contribution in [-0.4, -0.2) is 31.5 Å². The summed E-state index contributed by atoms with van der Waals surface area (Å²) in [5.41, 5.74) is 0.988. The van der Waals surface area contributed by atoms with Gasteiger partial charge >= 0.3 is 0 Å². The average molecular weight is 372 g/mol. The molecule has 0 heterocycles. The molecule has 2 amide bonds. The van der Waals surface area contributed by atoms with Crippen LogP contribution in [0.1, 0.15) is 29.8 Å². The fraction of sp³-hybridized carbons (Fsp3) is 0.333. The Morgan fingerprint density at radius 2 is 1.74 bits per heavy atom. The van der Waals surface area contributed by atoms with E-state index in [4.69, 9.17) is 4.74 Å². The minimum absolute atomic E-state index is 0.0748. The van der Waals surface area contributed by atoms with Crippen LogP contribution in [0.25, 0.3) is 0 Å². The van der Waals surface area contributed by atoms with Crippen LogP contribution in [0.15, 0.2) is 48.5 Å². The number of carbonyl (C=O) groups is 2. The van der Waals surface area contributed by atoms with Gasteiger partial charge in [0.15, 0.2) is 0 Å². The molecule has 0 aliphatic carbocycles. The molecule has 0 aromatic heterocycles. The molecule has 5 nitrogen and oxygen atoms in total. The van der Waals surface area contributed by atoms with Gasteiger partial charge in [0.25, 0.3) is 5.91 Å². The molecule has 0 bridgehead atoms. The average Bonchev–Trinajstić information content (AvgIpc) is 2.66. The molecule has 1 atom stereocenters. The summed E-state index contributed by atoms with van der Waals surface area (Å²) in [5.74, 6) is -0.863. The Labute approximate surface area is 158 Å². The minimum Gasteiger partial charge on any atom is -0.497 e. The van der Waals surface area contributed by atoms with Gasteiger partial charge in [-0.05, 0) is 42.2 Å². The topological polar surface area (TPSA) is 67.4 Å². The summed E-state index contributed by atoms with van der Waals surface area (Å²) in [5, 5.41) is 5.46. The maximum atomic E-state index is 13.8.